The van der Waals surface area contributed by atoms with Crippen LogP contribution in [0, 0.1) is 0 Å². The minimum Gasteiger partial charge on any atom is -0.396 e. The van der Waals surface area contributed by atoms with Gasteiger partial charge in [-0.2, -0.15) is 0 Å². The first-order valence-electron chi connectivity index (χ1n) is 20.9. The molecule has 0 fully saturated rings. The summed E-state index contributed by atoms with van der Waals surface area (Å²) in [5.74, 6) is -5.22. The molecule has 0 aromatic rings. The zero-order chi connectivity index (χ0) is 38.7. The Morgan fingerprint density at radius 2 is 0.808 bits per heavy atom. The van der Waals surface area contributed by atoms with Crippen molar-refractivity contribution in [1.29, 1.82) is 0 Å². The molecule has 52 heavy (non-hydrogen) atoms. The van der Waals surface area contributed by atoms with E-state index in [1.165, 1.54) is 77.0 Å². The highest BCUT2D eigenvalue weighted by atomic mass is 16.8. The minimum atomic E-state index is -3.30. The number of allylic oxidation sites excluding steroid dienone is 4. The summed E-state index contributed by atoms with van der Waals surface area (Å²) < 4.78 is 9.99. The van der Waals surface area contributed by atoms with Gasteiger partial charge >= 0.3 is 17.9 Å². The van der Waals surface area contributed by atoms with Gasteiger partial charge in [0, 0.05) is 12.8 Å². The molecule has 0 aromatic carbocycles. The van der Waals surface area contributed by atoms with Crippen molar-refractivity contribution in [3.05, 3.63) is 24.3 Å². The van der Waals surface area contributed by atoms with E-state index >= 15 is 0 Å². The first kappa shape index (κ1) is 50.2. The Labute approximate surface area is 316 Å². The van der Waals surface area contributed by atoms with Crippen LogP contribution in [0.4, 0.5) is 0 Å². The molecule has 306 valence electrons. The highest BCUT2D eigenvalue weighted by molar-refractivity contribution is 5.72. The summed E-state index contributed by atoms with van der Waals surface area (Å²) in [6.07, 6.45) is 28.0. The number of aliphatic hydroxyl groups is 6. The van der Waals surface area contributed by atoms with Crippen LogP contribution in [-0.2, 0) is 19.1 Å². The molecule has 0 heterocycles. The van der Waals surface area contributed by atoms with Gasteiger partial charge in [0.15, 0.2) is 6.10 Å². The van der Waals surface area contributed by atoms with E-state index in [4.69, 9.17) is 14.6 Å². The molecule has 0 saturated heterocycles. The summed E-state index contributed by atoms with van der Waals surface area (Å²) in [6.45, 7) is 3.50. The lowest BCUT2D eigenvalue weighted by molar-refractivity contribution is -0.375. The predicted octanol–water partition coefficient (Wildman–Crippen LogP) is 8.23. The van der Waals surface area contributed by atoms with Gasteiger partial charge in [0.25, 0.3) is 0 Å². The fourth-order valence-electron chi connectivity index (χ4n) is 5.99. The van der Waals surface area contributed by atoms with E-state index in [-0.39, 0.29) is 12.8 Å². The number of hydrogen-bond donors (Lipinski definition) is 6. The van der Waals surface area contributed by atoms with Crippen molar-refractivity contribution < 1.29 is 49.7 Å². The third-order valence-corrected chi connectivity index (χ3v) is 9.43. The summed E-state index contributed by atoms with van der Waals surface area (Å²) in [6, 6.07) is 0. The van der Waals surface area contributed by atoms with Gasteiger partial charge in [-0.3, -0.25) is 9.59 Å². The number of unbranched alkanes of at least 4 members (excludes halogenated alkanes) is 22. The first-order valence-corrected chi connectivity index (χ1v) is 20.9. The van der Waals surface area contributed by atoms with Crippen molar-refractivity contribution in [3.63, 3.8) is 0 Å². The van der Waals surface area contributed by atoms with Crippen LogP contribution in [0.15, 0.2) is 24.3 Å². The zero-order valence-electron chi connectivity index (χ0n) is 32.9. The van der Waals surface area contributed by atoms with Crippen molar-refractivity contribution >= 4 is 11.9 Å². The Morgan fingerprint density at radius 3 is 1.13 bits per heavy atom. The van der Waals surface area contributed by atoms with E-state index in [0.717, 1.165) is 77.0 Å². The van der Waals surface area contributed by atoms with Gasteiger partial charge in [-0.15, -0.1) is 0 Å². The van der Waals surface area contributed by atoms with Crippen molar-refractivity contribution in [2.24, 2.45) is 0 Å². The second-order valence-corrected chi connectivity index (χ2v) is 14.4. The molecule has 0 aliphatic rings. The van der Waals surface area contributed by atoms with E-state index in [1.54, 1.807) is 0 Å². The van der Waals surface area contributed by atoms with Crippen molar-refractivity contribution in [1.82, 2.24) is 0 Å². The van der Waals surface area contributed by atoms with Crippen molar-refractivity contribution in [2.75, 3.05) is 6.61 Å². The summed E-state index contributed by atoms with van der Waals surface area (Å²) in [4.78, 5) is 25.3. The van der Waals surface area contributed by atoms with Crippen LogP contribution in [0.1, 0.15) is 194 Å². The molecule has 10 nitrogen and oxygen atoms in total. The van der Waals surface area contributed by atoms with Gasteiger partial charge in [-0.25, -0.2) is 0 Å². The topological polar surface area (TPSA) is 174 Å². The SMILES string of the molecule is CCCCCCCC/C=C\CCCCCCCC(=O)OC(O)(OC(=O)CCCCCCC/C=C\CCCCCCCC)[C@H](O)[C@H](O)[C@H](O)[C@H](O)CO. The monoisotopic (exact) mass is 743 g/mol. The van der Waals surface area contributed by atoms with Crippen LogP contribution in [0.3, 0.4) is 0 Å². The molecule has 0 bridgehead atoms. The van der Waals surface area contributed by atoms with Gasteiger partial charge in [0.05, 0.1) is 6.61 Å². The summed E-state index contributed by atoms with van der Waals surface area (Å²) in [5, 5.41) is 60.9. The Hall–Kier alpha value is -1.82. The lowest BCUT2D eigenvalue weighted by Crippen LogP contribution is -2.59. The molecular weight excluding hydrogens is 664 g/mol. The number of rotatable bonds is 37. The number of ether oxygens (including phenoxy) is 2. The molecule has 0 saturated carbocycles. The normalized spacial score (nSPS) is 14.5. The zero-order valence-corrected chi connectivity index (χ0v) is 32.9. The number of esters is 2. The van der Waals surface area contributed by atoms with E-state index in [0.29, 0.717) is 12.8 Å². The standard InChI is InChI=1S/C42H78O10/c1-3-5-7-9-11-13-15-17-19-21-23-25-27-29-31-33-37(45)51-42(50,41(49)40(48)39(47)36(44)35-43)52-38(46)34-32-30-28-26-24-22-20-18-16-14-12-10-8-6-4-2/h17-20,36,39-41,43-44,47-50H,3-16,21-35H2,1-2H3/b19-17-,20-18-/t36-,39-,40-,41-/m1/s1. The van der Waals surface area contributed by atoms with E-state index < -0.39 is 48.9 Å². The maximum absolute atomic E-state index is 12.6. The summed E-state index contributed by atoms with van der Waals surface area (Å²) in [7, 11) is 0. The van der Waals surface area contributed by atoms with Crippen LogP contribution < -0.4 is 0 Å². The lowest BCUT2D eigenvalue weighted by atomic mass is 10.0. The fourth-order valence-corrected chi connectivity index (χ4v) is 5.99. The lowest BCUT2D eigenvalue weighted by Gasteiger charge is -2.35. The average Bonchev–Trinajstić information content (AvgIpc) is 3.13. The highest BCUT2D eigenvalue weighted by Crippen LogP contribution is 2.24. The number of carbonyl (C=O) groups is 2. The first-order chi connectivity index (χ1) is 25.1. The summed E-state index contributed by atoms with van der Waals surface area (Å²) >= 11 is 0. The van der Waals surface area contributed by atoms with Crippen LogP contribution in [-0.4, -0.2) is 79.6 Å². The molecule has 0 rings (SSSR count). The summed E-state index contributed by atoms with van der Waals surface area (Å²) in [5.41, 5.74) is 0. The van der Waals surface area contributed by atoms with Gasteiger partial charge < -0.3 is 40.1 Å². The van der Waals surface area contributed by atoms with Gasteiger partial charge in [-0.1, -0.05) is 141 Å². The van der Waals surface area contributed by atoms with Gasteiger partial charge in [0.2, 0.25) is 0 Å². The van der Waals surface area contributed by atoms with Crippen molar-refractivity contribution in [3.8, 4) is 0 Å². The second-order valence-electron chi connectivity index (χ2n) is 14.4. The largest absolute Gasteiger partial charge is 0.403 e. The van der Waals surface area contributed by atoms with E-state index in [9.17, 15) is 35.1 Å². The molecule has 0 aliphatic heterocycles. The quantitative estimate of drug-likeness (QED) is 0.0158. The third-order valence-electron chi connectivity index (χ3n) is 9.43. The highest BCUT2D eigenvalue weighted by Gasteiger charge is 2.51. The average molecular weight is 743 g/mol. The number of aliphatic hydroxyl groups excluding tert-OH is 5. The maximum atomic E-state index is 12.6. The molecule has 0 unspecified atom stereocenters. The van der Waals surface area contributed by atoms with Crippen LogP contribution >= 0.6 is 0 Å². The van der Waals surface area contributed by atoms with E-state index in [2.05, 4.69) is 38.2 Å². The van der Waals surface area contributed by atoms with Gasteiger partial charge in [0.1, 0.15) is 18.3 Å². The Balaban J connectivity index is 4.55. The number of hydrogen-bond acceptors (Lipinski definition) is 10. The number of carbonyl (C=O) groups excluding carboxylic acids is 2. The molecule has 0 amide bonds. The molecule has 6 N–H and O–H groups in total. The van der Waals surface area contributed by atoms with Crippen LogP contribution in [0.25, 0.3) is 0 Å². The third kappa shape index (κ3) is 27.7. The maximum Gasteiger partial charge on any atom is 0.403 e. The second kappa shape index (κ2) is 34.9. The molecule has 10 heteroatoms. The van der Waals surface area contributed by atoms with Crippen LogP contribution in [0.5, 0.6) is 0 Å². The molecule has 0 spiro atoms. The molecular formula is C42H78O10. The molecule has 0 radical (unpaired) electrons. The predicted molar refractivity (Wildman–Crippen MR) is 207 cm³/mol. The Morgan fingerprint density at radius 1 is 0.500 bits per heavy atom. The Bertz CT molecular complexity index is 838. The molecule has 0 aromatic heterocycles. The minimum absolute atomic E-state index is 0.128. The Kier molecular flexibility index (Phi) is 33.7. The van der Waals surface area contributed by atoms with Crippen LogP contribution in [0.2, 0.25) is 0 Å². The molecule has 0 aliphatic carbocycles. The van der Waals surface area contributed by atoms with Gasteiger partial charge in [-0.05, 0) is 64.2 Å². The van der Waals surface area contributed by atoms with E-state index in [1.807, 2.05) is 0 Å². The van der Waals surface area contributed by atoms with Crippen molar-refractivity contribution in [2.45, 2.75) is 224 Å². The fraction of sp³-hybridized carbons (Fsp3) is 0.857. The molecule has 4 atom stereocenters. The smallest absolute Gasteiger partial charge is 0.396 e.